The summed E-state index contributed by atoms with van der Waals surface area (Å²) >= 11 is 0. The van der Waals surface area contributed by atoms with E-state index in [4.69, 9.17) is 0 Å². The molecule has 0 spiro atoms. The van der Waals surface area contributed by atoms with E-state index in [-0.39, 0.29) is 18.0 Å². The van der Waals surface area contributed by atoms with Crippen molar-refractivity contribution in [3.63, 3.8) is 0 Å². The predicted octanol–water partition coefficient (Wildman–Crippen LogP) is 2.50. The van der Waals surface area contributed by atoms with Gasteiger partial charge in [0.2, 0.25) is 10.0 Å². The molecule has 0 bridgehead atoms. The molecule has 23 heavy (non-hydrogen) atoms. The van der Waals surface area contributed by atoms with E-state index in [1.807, 2.05) is 6.92 Å². The highest BCUT2D eigenvalue weighted by atomic mass is 32.2. The monoisotopic (exact) mass is 347 g/mol. The smallest absolute Gasteiger partial charge is 0.271 e. The Balaban J connectivity index is 2.00. The molecule has 2 rings (SSSR count). The summed E-state index contributed by atoms with van der Waals surface area (Å²) in [6.07, 6.45) is -3.35. The summed E-state index contributed by atoms with van der Waals surface area (Å²) in [4.78, 5) is 0.122. The number of sulfonamides is 1. The Morgan fingerprint density at radius 2 is 1.87 bits per heavy atom. The van der Waals surface area contributed by atoms with Gasteiger partial charge in [0, 0.05) is 12.7 Å². The van der Waals surface area contributed by atoms with Crippen LogP contribution in [0.5, 0.6) is 0 Å². The Hall–Kier alpha value is -1.87. The van der Waals surface area contributed by atoms with Crippen molar-refractivity contribution < 1.29 is 21.6 Å². The van der Waals surface area contributed by atoms with E-state index >= 15 is 0 Å². The second kappa shape index (κ2) is 6.32. The zero-order chi connectivity index (χ0) is 17.3. The lowest BCUT2D eigenvalue weighted by Crippen LogP contribution is -2.27. The molecule has 0 saturated carbocycles. The molecule has 0 unspecified atom stereocenters. The fourth-order valence-corrected chi connectivity index (χ4v) is 3.00. The highest BCUT2D eigenvalue weighted by Gasteiger charge is 2.33. The zero-order valence-corrected chi connectivity index (χ0v) is 13.4. The quantitative estimate of drug-likeness (QED) is 0.904. The number of alkyl halides is 3. The third-order valence-electron chi connectivity index (χ3n) is 3.35. The van der Waals surface area contributed by atoms with Crippen molar-refractivity contribution in [2.45, 2.75) is 31.5 Å². The summed E-state index contributed by atoms with van der Waals surface area (Å²) < 4.78 is 64.9. The number of aryl methyl sites for hydroxylation is 2. The van der Waals surface area contributed by atoms with Crippen molar-refractivity contribution in [2.75, 3.05) is 6.54 Å². The molecule has 0 amide bonds. The van der Waals surface area contributed by atoms with Gasteiger partial charge in [-0.1, -0.05) is 6.07 Å². The molecule has 5 nitrogen and oxygen atoms in total. The van der Waals surface area contributed by atoms with Crippen LogP contribution in [0.25, 0.3) is 0 Å². The molecule has 1 aromatic heterocycles. The van der Waals surface area contributed by atoms with Gasteiger partial charge in [0.15, 0.2) is 5.69 Å². The van der Waals surface area contributed by atoms with Crippen LogP contribution in [0, 0.1) is 13.8 Å². The molecule has 0 fully saturated rings. The van der Waals surface area contributed by atoms with E-state index < -0.39 is 21.9 Å². The number of aromatic nitrogens is 2. The molecule has 1 N–H and O–H groups in total. The lowest BCUT2D eigenvalue weighted by Gasteiger charge is -2.09. The Morgan fingerprint density at radius 1 is 1.17 bits per heavy atom. The minimum Gasteiger partial charge on any atom is -0.271 e. The standard InChI is InChI=1S/C14H16F3N3O2S/c1-10-3-4-12(9-11(10)2)23(21,22)18-6-8-20-7-5-13(19-20)14(15,16)17/h3-5,7,9,18H,6,8H2,1-2H3. The Kier molecular flexibility index (Phi) is 4.81. The fraction of sp³-hybridized carbons (Fsp3) is 0.357. The van der Waals surface area contributed by atoms with Gasteiger partial charge >= 0.3 is 6.18 Å². The van der Waals surface area contributed by atoms with Crippen molar-refractivity contribution in [1.29, 1.82) is 0 Å². The normalized spacial score (nSPS) is 12.6. The van der Waals surface area contributed by atoms with Crippen LogP contribution in [0.2, 0.25) is 0 Å². The first kappa shape index (κ1) is 17.5. The van der Waals surface area contributed by atoms with Gasteiger partial charge in [-0.3, -0.25) is 4.68 Å². The van der Waals surface area contributed by atoms with Crippen molar-refractivity contribution in [3.05, 3.63) is 47.3 Å². The molecule has 0 atom stereocenters. The van der Waals surface area contributed by atoms with Gasteiger partial charge in [0.25, 0.3) is 0 Å². The van der Waals surface area contributed by atoms with Gasteiger partial charge in [0.1, 0.15) is 0 Å². The van der Waals surface area contributed by atoms with Gasteiger partial charge in [-0.2, -0.15) is 18.3 Å². The number of hydrogen-bond donors (Lipinski definition) is 1. The number of nitrogens with one attached hydrogen (secondary N) is 1. The van der Waals surface area contributed by atoms with Crippen LogP contribution in [-0.2, 0) is 22.7 Å². The predicted molar refractivity (Wildman–Crippen MR) is 78.3 cm³/mol. The highest BCUT2D eigenvalue weighted by Crippen LogP contribution is 2.27. The van der Waals surface area contributed by atoms with E-state index in [9.17, 15) is 21.6 Å². The highest BCUT2D eigenvalue weighted by molar-refractivity contribution is 7.89. The second-order valence-electron chi connectivity index (χ2n) is 5.11. The van der Waals surface area contributed by atoms with E-state index in [0.717, 1.165) is 28.1 Å². The summed E-state index contributed by atoms with van der Waals surface area (Å²) in [5.74, 6) is 0. The van der Waals surface area contributed by atoms with E-state index in [1.54, 1.807) is 19.1 Å². The molecular weight excluding hydrogens is 331 g/mol. The molecule has 0 saturated heterocycles. The van der Waals surface area contributed by atoms with Gasteiger partial charge in [-0.15, -0.1) is 0 Å². The molecule has 0 aliphatic carbocycles. The molecular formula is C14H16F3N3O2S. The minimum atomic E-state index is -4.51. The van der Waals surface area contributed by atoms with Crippen LogP contribution in [0.3, 0.4) is 0 Å². The van der Waals surface area contributed by atoms with Gasteiger partial charge < -0.3 is 0 Å². The van der Waals surface area contributed by atoms with Crippen molar-refractivity contribution >= 4 is 10.0 Å². The van der Waals surface area contributed by atoms with Crippen molar-refractivity contribution in [3.8, 4) is 0 Å². The second-order valence-corrected chi connectivity index (χ2v) is 6.87. The number of hydrogen-bond acceptors (Lipinski definition) is 3. The van der Waals surface area contributed by atoms with E-state index in [1.165, 1.54) is 6.07 Å². The number of nitrogens with zero attached hydrogens (tertiary/aromatic N) is 2. The van der Waals surface area contributed by atoms with Gasteiger partial charge in [-0.05, 0) is 43.2 Å². The minimum absolute atomic E-state index is 0.000152. The summed E-state index contributed by atoms with van der Waals surface area (Å²) in [7, 11) is -3.70. The molecule has 0 aliphatic rings. The fourth-order valence-electron chi connectivity index (χ4n) is 1.90. The van der Waals surface area contributed by atoms with Crippen LogP contribution >= 0.6 is 0 Å². The molecule has 1 aromatic carbocycles. The maximum Gasteiger partial charge on any atom is 0.435 e. The van der Waals surface area contributed by atoms with E-state index in [2.05, 4.69) is 9.82 Å². The third-order valence-corrected chi connectivity index (χ3v) is 4.81. The van der Waals surface area contributed by atoms with Gasteiger partial charge in [-0.25, -0.2) is 13.1 Å². The van der Waals surface area contributed by atoms with Crippen LogP contribution < -0.4 is 4.72 Å². The number of benzene rings is 1. The maximum absolute atomic E-state index is 12.4. The molecule has 2 aromatic rings. The van der Waals surface area contributed by atoms with Crippen LogP contribution in [0.4, 0.5) is 13.2 Å². The van der Waals surface area contributed by atoms with Crippen LogP contribution in [0.1, 0.15) is 16.8 Å². The van der Waals surface area contributed by atoms with Crippen molar-refractivity contribution in [2.24, 2.45) is 0 Å². The lowest BCUT2D eigenvalue weighted by atomic mass is 10.1. The number of halogens is 3. The average molecular weight is 347 g/mol. The summed E-state index contributed by atoms with van der Waals surface area (Å²) in [6, 6.07) is 5.58. The Morgan fingerprint density at radius 3 is 2.43 bits per heavy atom. The number of rotatable bonds is 5. The lowest BCUT2D eigenvalue weighted by molar-refractivity contribution is -0.141. The summed E-state index contributed by atoms with van der Waals surface area (Å²) in [6.45, 7) is 3.61. The average Bonchev–Trinajstić information content (AvgIpc) is 2.90. The first-order valence-corrected chi connectivity index (χ1v) is 8.25. The summed E-state index contributed by atoms with van der Waals surface area (Å²) in [5.41, 5.74) is 0.810. The SMILES string of the molecule is Cc1ccc(S(=O)(=O)NCCn2ccc(C(F)(F)F)n2)cc1C. The maximum atomic E-state index is 12.4. The van der Waals surface area contributed by atoms with Crippen molar-refractivity contribution in [1.82, 2.24) is 14.5 Å². The first-order valence-electron chi connectivity index (χ1n) is 6.77. The van der Waals surface area contributed by atoms with Crippen LogP contribution in [0.15, 0.2) is 35.4 Å². The molecule has 1 heterocycles. The molecule has 0 radical (unpaired) electrons. The first-order chi connectivity index (χ1) is 10.6. The van der Waals surface area contributed by atoms with Gasteiger partial charge in [0.05, 0.1) is 11.4 Å². The zero-order valence-electron chi connectivity index (χ0n) is 12.6. The topological polar surface area (TPSA) is 64.0 Å². The molecule has 9 heteroatoms. The molecule has 0 aliphatic heterocycles. The molecule has 126 valence electrons. The Bertz CT molecular complexity index is 798. The largest absolute Gasteiger partial charge is 0.435 e. The third kappa shape index (κ3) is 4.32. The van der Waals surface area contributed by atoms with Crippen LogP contribution in [-0.4, -0.2) is 24.7 Å². The summed E-state index contributed by atoms with van der Waals surface area (Å²) in [5, 5.41) is 3.36. The Labute approximate surface area is 132 Å². The van der Waals surface area contributed by atoms with E-state index in [0.29, 0.717) is 0 Å².